The molecule has 0 radical (unpaired) electrons. The van der Waals surface area contributed by atoms with Gasteiger partial charge in [0.25, 0.3) is 5.91 Å². The summed E-state index contributed by atoms with van der Waals surface area (Å²) in [4.78, 5) is 12.2. The maximum atomic E-state index is 12.9. The summed E-state index contributed by atoms with van der Waals surface area (Å²) < 4.78 is 38.6. The number of alkyl halides is 4. The standard InChI is InChI=1S/C15H20BrF3N2O/c1-9-6-11(15(17,18)19)7-10(2)13(9)21(12(22)8-16)20-14(3,4)5/h6-7,20H,8H2,1-5H3. The normalized spacial score (nSPS) is 12.4. The fourth-order valence-electron chi connectivity index (χ4n) is 2.11. The Labute approximate surface area is 137 Å². The molecule has 3 nitrogen and oxygen atoms in total. The van der Waals surface area contributed by atoms with Crippen LogP contribution in [0.3, 0.4) is 0 Å². The van der Waals surface area contributed by atoms with Crippen LogP contribution in [-0.2, 0) is 11.0 Å². The first-order valence-corrected chi connectivity index (χ1v) is 7.84. The van der Waals surface area contributed by atoms with Crippen LogP contribution in [0.2, 0.25) is 0 Å². The summed E-state index contributed by atoms with van der Waals surface area (Å²) >= 11 is 3.10. The second kappa shape index (κ2) is 6.58. The van der Waals surface area contributed by atoms with Crippen molar-refractivity contribution in [1.29, 1.82) is 0 Å². The third kappa shape index (κ3) is 4.71. The summed E-state index contributed by atoms with van der Waals surface area (Å²) in [6.07, 6.45) is -4.41. The van der Waals surface area contributed by atoms with Gasteiger partial charge in [-0.3, -0.25) is 4.79 Å². The Morgan fingerprint density at radius 1 is 1.18 bits per heavy atom. The zero-order valence-corrected chi connectivity index (χ0v) is 14.8. The number of benzene rings is 1. The number of rotatable bonds is 3. The van der Waals surface area contributed by atoms with Gasteiger partial charge >= 0.3 is 6.18 Å². The number of halogens is 4. The van der Waals surface area contributed by atoms with Gasteiger partial charge in [-0.2, -0.15) is 13.2 Å². The average Bonchev–Trinajstić information content (AvgIpc) is 2.33. The van der Waals surface area contributed by atoms with Crippen molar-refractivity contribution in [3.8, 4) is 0 Å². The summed E-state index contributed by atoms with van der Waals surface area (Å²) in [5, 5.41) is 1.38. The number of carbonyl (C=O) groups is 1. The molecule has 0 unspecified atom stereocenters. The number of nitrogens with one attached hydrogen (secondary N) is 1. The molecule has 1 rings (SSSR count). The first kappa shape index (κ1) is 19.0. The van der Waals surface area contributed by atoms with E-state index < -0.39 is 17.3 Å². The van der Waals surface area contributed by atoms with Crippen molar-refractivity contribution in [3.05, 3.63) is 28.8 Å². The molecule has 0 fully saturated rings. The molecule has 1 aromatic carbocycles. The van der Waals surface area contributed by atoms with Crippen LogP contribution in [0.4, 0.5) is 18.9 Å². The van der Waals surface area contributed by atoms with E-state index in [1.165, 1.54) is 5.01 Å². The van der Waals surface area contributed by atoms with Gasteiger partial charge in [-0.15, -0.1) is 0 Å². The van der Waals surface area contributed by atoms with E-state index in [0.717, 1.165) is 12.1 Å². The first-order chi connectivity index (χ1) is 9.86. The van der Waals surface area contributed by atoms with Crippen LogP contribution in [0, 0.1) is 13.8 Å². The van der Waals surface area contributed by atoms with Crippen LogP contribution in [0.5, 0.6) is 0 Å². The quantitative estimate of drug-likeness (QED) is 0.624. The summed E-state index contributed by atoms with van der Waals surface area (Å²) in [6, 6.07) is 2.11. The van der Waals surface area contributed by atoms with E-state index in [0.29, 0.717) is 16.8 Å². The van der Waals surface area contributed by atoms with Crippen molar-refractivity contribution in [1.82, 2.24) is 5.43 Å². The van der Waals surface area contributed by atoms with E-state index in [1.54, 1.807) is 13.8 Å². The third-order valence-electron chi connectivity index (χ3n) is 2.85. The van der Waals surface area contributed by atoms with E-state index in [2.05, 4.69) is 21.4 Å². The number of anilines is 1. The van der Waals surface area contributed by atoms with E-state index in [1.807, 2.05) is 20.8 Å². The van der Waals surface area contributed by atoms with Crippen molar-refractivity contribution in [2.45, 2.75) is 46.3 Å². The molecule has 0 aliphatic heterocycles. The topological polar surface area (TPSA) is 32.3 Å². The number of nitrogens with zero attached hydrogens (tertiary/aromatic N) is 1. The lowest BCUT2D eigenvalue weighted by Crippen LogP contribution is -2.53. The SMILES string of the molecule is Cc1cc(C(F)(F)F)cc(C)c1N(NC(C)(C)C)C(=O)CBr. The minimum Gasteiger partial charge on any atom is -0.272 e. The summed E-state index contributed by atoms with van der Waals surface area (Å²) in [7, 11) is 0. The molecule has 0 aliphatic rings. The fourth-order valence-corrected chi connectivity index (χ4v) is 2.36. The average molecular weight is 381 g/mol. The highest BCUT2D eigenvalue weighted by Crippen LogP contribution is 2.35. The zero-order chi connectivity index (χ0) is 17.3. The molecule has 7 heteroatoms. The molecule has 0 heterocycles. The predicted molar refractivity (Wildman–Crippen MR) is 85.1 cm³/mol. The van der Waals surface area contributed by atoms with Gasteiger partial charge in [-0.05, 0) is 57.9 Å². The highest BCUT2D eigenvalue weighted by molar-refractivity contribution is 9.09. The summed E-state index contributed by atoms with van der Waals surface area (Å²) in [5.41, 5.74) is 3.13. The lowest BCUT2D eigenvalue weighted by Gasteiger charge is -2.33. The number of hydrogen-bond donors (Lipinski definition) is 1. The lowest BCUT2D eigenvalue weighted by molar-refractivity contribution is -0.137. The van der Waals surface area contributed by atoms with Gasteiger partial charge in [0, 0.05) is 5.54 Å². The minimum atomic E-state index is -4.41. The number of carbonyl (C=O) groups excluding carboxylic acids is 1. The van der Waals surface area contributed by atoms with Crippen LogP contribution >= 0.6 is 15.9 Å². The second-order valence-corrected chi connectivity index (χ2v) is 6.74. The lowest BCUT2D eigenvalue weighted by atomic mass is 10.0. The Bertz CT molecular complexity index is 542. The first-order valence-electron chi connectivity index (χ1n) is 6.72. The maximum absolute atomic E-state index is 12.9. The van der Waals surface area contributed by atoms with Crippen LogP contribution < -0.4 is 10.4 Å². The molecule has 1 N–H and O–H groups in total. The van der Waals surface area contributed by atoms with Crippen LogP contribution in [0.1, 0.15) is 37.5 Å². The van der Waals surface area contributed by atoms with Gasteiger partial charge in [0.1, 0.15) is 0 Å². The molecule has 0 bridgehead atoms. The number of amides is 1. The van der Waals surface area contributed by atoms with Crippen molar-refractivity contribution in [3.63, 3.8) is 0 Å². The van der Waals surface area contributed by atoms with Crippen molar-refractivity contribution >= 4 is 27.5 Å². The molecule has 0 atom stereocenters. The molecular weight excluding hydrogens is 361 g/mol. The second-order valence-electron chi connectivity index (χ2n) is 6.18. The van der Waals surface area contributed by atoms with Gasteiger partial charge in [0.2, 0.25) is 0 Å². The number of hydrogen-bond acceptors (Lipinski definition) is 2. The Hall–Kier alpha value is -1.08. The van der Waals surface area contributed by atoms with Crippen LogP contribution in [0.25, 0.3) is 0 Å². The third-order valence-corrected chi connectivity index (χ3v) is 3.33. The number of aryl methyl sites for hydroxylation is 2. The molecule has 22 heavy (non-hydrogen) atoms. The van der Waals surface area contributed by atoms with Crippen LogP contribution in [-0.4, -0.2) is 16.8 Å². The molecule has 0 saturated heterocycles. The fraction of sp³-hybridized carbons (Fsp3) is 0.533. The molecule has 0 aliphatic carbocycles. The van der Waals surface area contributed by atoms with Gasteiger partial charge < -0.3 is 0 Å². The highest BCUT2D eigenvalue weighted by atomic mass is 79.9. The summed E-state index contributed by atoms with van der Waals surface area (Å²) in [6.45, 7) is 8.75. The molecule has 1 amide bonds. The molecule has 0 aromatic heterocycles. The number of hydrazine groups is 1. The van der Waals surface area contributed by atoms with E-state index >= 15 is 0 Å². The smallest absolute Gasteiger partial charge is 0.272 e. The minimum absolute atomic E-state index is 0.0655. The predicted octanol–water partition coefficient (Wildman–Crippen LogP) is 4.35. The van der Waals surface area contributed by atoms with Gasteiger partial charge in [0.15, 0.2) is 0 Å². The Morgan fingerprint density at radius 2 is 1.64 bits per heavy atom. The Balaban J connectivity index is 3.40. The molecule has 0 spiro atoms. The highest BCUT2D eigenvalue weighted by Gasteiger charge is 2.32. The Kier molecular flexibility index (Phi) is 5.67. The van der Waals surface area contributed by atoms with Gasteiger partial charge in [-0.25, -0.2) is 10.4 Å². The monoisotopic (exact) mass is 380 g/mol. The summed E-state index contributed by atoms with van der Waals surface area (Å²) in [5.74, 6) is -0.277. The van der Waals surface area contributed by atoms with E-state index in [-0.39, 0.29) is 11.2 Å². The molecule has 124 valence electrons. The largest absolute Gasteiger partial charge is 0.416 e. The molecule has 1 aromatic rings. The van der Waals surface area contributed by atoms with Crippen molar-refractivity contribution in [2.75, 3.05) is 10.3 Å². The van der Waals surface area contributed by atoms with Gasteiger partial charge in [-0.1, -0.05) is 15.9 Å². The molecule has 0 saturated carbocycles. The van der Waals surface area contributed by atoms with Gasteiger partial charge in [0.05, 0.1) is 16.6 Å². The van der Waals surface area contributed by atoms with Crippen molar-refractivity contribution in [2.24, 2.45) is 0 Å². The maximum Gasteiger partial charge on any atom is 0.416 e. The zero-order valence-electron chi connectivity index (χ0n) is 13.2. The van der Waals surface area contributed by atoms with Crippen LogP contribution in [0.15, 0.2) is 12.1 Å². The van der Waals surface area contributed by atoms with E-state index in [4.69, 9.17) is 0 Å². The molecular formula is C15H20BrF3N2O. The van der Waals surface area contributed by atoms with Crippen molar-refractivity contribution < 1.29 is 18.0 Å². The van der Waals surface area contributed by atoms with E-state index in [9.17, 15) is 18.0 Å². The Morgan fingerprint density at radius 3 is 1.95 bits per heavy atom.